The summed E-state index contributed by atoms with van der Waals surface area (Å²) < 4.78 is 37.7. The van der Waals surface area contributed by atoms with E-state index in [-0.39, 0.29) is 12.2 Å². The number of carbonyl (C=O) groups excluding carboxylic acids is 1. The molecule has 0 saturated heterocycles. The Morgan fingerprint density at radius 2 is 1.78 bits per heavy atom. The molecule has 1 unspecified atom stereocenters. The number of thiophene rings is 2. The largest absolute Gasteiger partial charge is 0.416 e. The van der Waals surface area contributed by atoms with Crippen molar-refractivity contribution in [3.05, 3.63) is 74.6 Å². The molecule has 4 nitrogen and oxygen atoms in total. The van der Waals surface area contributed by atoms with E-state index < -0.39 is 23.4 Å². The van der Waals surface area contributed by atoms with Gasteiger partial charge >= 0.3 is 12.2 Å². The number of carbonyl (C=O) groups is 1. The third kappa shape index (κ3) is 4.49. The second-order valence-electron chi connectivity index (χ2n) is 5.73. The number of benzene rings is 1. The quantitative estimate of drug-likeness (QED) is 0.559. The van der Waals surface area contributed by atoms with Gasteiger partial charge in [-0.2, -0.15) is 24.5 Å². The molecule has 0 aliphatic carbocycles. The molecule has 3 rings (SSSR count). The molecule has 0 spiro atoms. The van der Waals surface area contributed by atoms with E-state index in [1.807, 2.05) is 10.8 Å². The molecular weight excluding hydrogens is 397 g/mol. The van der Waals surface area contributed by atoms with Gasteiger partial charge in [0.1, 0.15) is 5.60 Å². The SMILES string of the molecule is O=C(NCC(O)(c1ccsc1)c1cccs1)Nc1ccc(C(F)(F)F)cc1. The van der Waals surface area contributed by atoms with E-state index in [4.69, 9.17) is 0 Å². The molecule has 3 aromatic rings. The number of hydrogen-bond acceptors (Lipinski definition) is 4. The number of alkyl halides is 3. The fraction of sp³-hybridized carbons (Fsp3) is 0.167. The zero-order valence-electron chi connectivity index (χ0n) is 13.8. The van der Waals surface area contributed by atoms with E-state index in [0.29, 0.717) is 10.4 Å². The molecule has 2 aromatic heterocycles. The average Bonchev–Trinajstić information content (AvgIpc) is 3.33. The highest BCUT2D eigenvalue weighted by Gasteiger charge is 2.34. The molecule has 0 radical (unpaired) electrons. The van der Waals surface area contributed by atoms with Crippen molar-refractivity contribution in [1.29, 1.82) is 0 Å². The van der Waals surface area contributed by atoms with Gasteiger partial charge in [0, 0.05) is 16.1 Å². The second kappa shape index (κ2) is 7.71. The van der Waals surface area contributed by atoms with Crippen molar-refractivity contribution in [3.63, 3.8) is 0 Å². The lowest BCUT2D eigenvalue weighted by Gasteiger charge is -2.27. The minimum Gasteiger partial charge on any atom is -0.378 e. The maximum absolute atomic E-state index is 12.6. The lowest BCUT2D eigenvalue weighted by molar-refractivity contribution is -0.137. The summed E-state index contributed by atoms with van der Waals surface area (Å²) in [5.74, 6) is 0. The van der Waals surface area contributed by atoms with Gasteiger partial charge in [-0.3, -0.25) is 0 Å². The smallest absolute Gasteiger partial charge is 0.378 e. The topological polar surface area (TPSA) is 61.4 Å². The van der Waals surface area contributed by atoms with Crippen LogP contribution in [0.1, 0.15) is 16.0 Å². The molecule has 0 fully saturated rings. The van der Waals surface area contributed by atoms with Crippen LogP contribution in [-0.2, 0) is 11.8 Å². The van der Waals surface area contributed by atoms with Gasteiger partial charge in [0.2, 0.25) is 0 Å². The van der Waals surface area contributed by atoms with Crippen molar-refractivity contribution in [3.8, 4) is 0 Å². The third-order valence-electron chi connectivity index (χ3n) is 3.90. The summed E-state index contributed by atoms with van der Waals surface area (Å²) in [6.07, 6.45) is -4.43. The second-order valence-corrected chi connectivity index (χ2v) is 7.46. The van der Waals surface area contributed by atoms with E-state index in [1.54, 1.807) is 23.6 Å². The van der Waals surface area contributed by atoms with E-state index in [9.17, 15) is 23.1 Å². The molecule has 0 bridgehead atoms. The van der Waals surface area contributed by atoms with Crippen LogP contribution in [0, 0.1) is 0 Å². The Labute approximate surface area is 161 Å². The Kier molecular flexibility index (Phi) is 5.54. The fourth-order valence-corrected chi connectivity index (χ4v) is 4.04. The van der Waals surface area contributed by atoms with E-state index in [1.165, 1.54) is 34.8 Å². The molecule has 1 aromatic carbocycles. The van der Waals surface area contributed by atoms with Gasteiger partial charge in [0.05, 0.1) is 12.1 Å². The molecule has 142 valence electrons. The highest BCUT2D eigenvalue weighted by Crippen LogP contribution is 2.33. The van der Waals surface area contributed by atoms with Crippen LogP contribution in [0.2, 0.25) is 0 Å². The zero-order valence-corrected chi connectivity index (χ0v) is 15.4. The lowest BCUT2D eigenvalue weighted by Crippen LogP contribution is -2.42. The normalized spacial score (nSPS) is 13.8. The first-order valence-electron chi connectivity index (χ1n) is 7.80. The van der Waals surface area contributed by atoms with Gasteiger partial charge in [0.25, 0.3) is 0 Å². The Morgan fingerprint density at radius 3 is 2.33 bits per heavy atom. The maximum Gasteiger partial charge on any atom is 0.416 e. The molecule has 9 heteroatoms. The van der Waals surface area contributed by atoms with E-state index >= 15 is 0 Å². The van der Waals surface area contributed by atoms with Crippen LogP contribution >= 0.6 is 22.7 Å². The molecule has 1 atom stereocenters. The molecule has 3 N–H and O–H groups in total. The number of aliphatic hydroxyl groups is 1. The fourth-order valence-electron chi connectivity index (χ4n) is 2.47. The van der Waals surface area contributed by atoms with Crippen LogP contribution in [0.25, 0.3) is 0 Å². The predicted molar refractivity (Wildman–Crippen MR) is 100 cm³/mol. The summed E-state index contributed by atoms with van der Waals surface area (Å²) in [5, 5.41) is 21.6. The first kappa shape index (κ1) is 19.4. The third-order valence-corrected chi connectivity index (χ3v) is 5.61. The molecule has 0 saturated carbocycles. The van der Waals surface area contributed by atoms with Gasteiger partial charge in [-0.05, 0) is 52.5 Å². The number of anilines is 1. The first-order valence-corrected chi connectivity index (χ1v) is 9.62. The Bertz CT molecular complexity index is 842. The number of amides is 2. The van der Waals surface area contributed by atoms with Crippen LogP contribution in [-0.4, -0.2) is 17.7 Å². The van der Waals surface area contributed by atoms with Crippen molar-refractivity contribution in [2.45, 2.75) is 11.8 Å². The average molecular weight is 412 g/mol. The number of halogens is 3. The van der Waals surface area contributed by atoms with Gasteiger partial charge in [-0.25, -0.2) is 4.79 Å². The molecular formula is C18H15F3N2O2S2. The van der Waals surface area contributed by atoms with Crippen molar-refractivity contribution >= 4 is 34.4 Å². The minimum absolute atomic E-state index is 0.0866. The Morgan fingerprint density at radius 1 is 1.04 bits per heavy atom. The van der Waals surface area contributed by atoms with Crippen LogP contribution in [0.3, 0.4) is 0 Å². The standard InChI is InChI=1S/C18H15F3N2O2S2/c19-18(20,21)12-3-5-14(6-4-12)23-16(24)22-11-17(25,13-7-9-26-10-13)15-2-1-8-27-15/h1-10,25H,11H2,(H2,22,23,24). The summed E-state index contributed by atoms with van der Waals surface area (Å²) >= 11 is 2.79. The molecule has 0 aliphatic heterocycles. The molecule has 2 heterocycles. The highest BCUT2D eigenvalue weighted by molar-refractivity contribution is 7.10. The number of hydrogen-bond donors (Lipinski definition) is 3. The highest BCUT2D eigenvalue weighted by atomic mass is 32.1. The number of rotatable bonds is 5. The van der Waals surface area contributed by atoms with Crippen molar-refractivity contribution in [2.75, 3.05) is 11.9 Å². The zero-order chi connectivity index (χ0) is 19.5. The van der Waals surface area contributed by atoms with Gasteiger partial charge < -0.3 is 15.7 Å². The summed E-state index contributed by atoms with van der Waals surface area (Å²) in [6, 6.07) is 8.86. The van der Waals surface area contributed by atoms with Gasteiger partial charge in [-0.1, -0.05) is 6.07 Å². The molecule has 2 amide bonds. The van der Waals surface area contributed by atoms with Crippen LogP contribution in [0.5, 0.6) is 0 Å². The van der Waals surface area contributed by atoms with Crippen LogP contribution in [0.4, 0.5) is 23.7 Å². The van der Waals surface area contributed by atoms with E-state index in [2.05, 4.69) is 10.6 Å². The van der Waals surface area contributed by atoms with Crippen LogP contribution in [0.15, 0.2) is 58.6 Å². The number of urea groups is 1. The Hall–Kier alpha value is -2.36. The van der Waals surface area contributed by atoms with Crippen molar-refractivity contribution in [1.82, 2.24) is 5.32 Å². The maximum atomic E-state index is 12.6. The summed E-state index contributed by atoms with van der Waals surface area (Å²) in [5.41, 5.74) is -1.30. The lowest BCUT2D eigenvalue weighted by atomic mass is 9.94. The molecule has 0 aliphatic rings. The minimum atomic E-state index is -4.43. The van der Waals surface area contributed by atoms with Crippen molar-refractivity contribution < 1.29 is 23.1 Å². The van der Waals surface area contributed by atoms with Crippen molar-refractivity contribution in [2.24, 2.45) is 0 Å². The monoisotopic (exact) mass is 412 g/mol. The van der Waals surface area contributed by atoms with Crippen LogP contribution < -0.4 is 10.6 Å². The Balaban J connectivity index is 1.67. The summed E-state index contributed by atoms with van der Waals surface area (Å²) in [6.45, 7) is -0.0866. The first-order chi connectivity index (χ1) is 12.8. The van der Waals surface area contributed by atoms with E-state index in [0.717, 1.165) is 12.1 Å². The predicted octanol–water partition coefficient (Wildman–Crippen LogP) is 4.89. The van der Waals surface area contributed by atoms with Gasteiger partial charge in [-0.15, -0.1) is 11.3 Å². The van der Waals surface area contributed by atoms with Gasteiger partial charge in [0.15, 0.2) is 0 Å². The summed E-state index contributed by atoms with van der Waals surface area (Å²) in [4.78, 5) is 12.8. The molecule has 27 heavy (non-hydrogen) atoms. The summed E-state index contributed by atoms with van der Waals surface area (Å²) in [7, 11) is 0. The number of nitrogens with one attached hydrogen (secondary N) is 2.